The molecule has 1 aliphatic rings. The zero-order valence-electron chi connectivity index (χ0n) is 11.1. The number of nitrogens with zero attached hydrogens (tertiary/aromatic N) is 1. The maximum absolute atomic E-state index is 12.0. The van der Waals surface area contributed by atoms with Crippen LogP contribution in [0.3, 0.4) is 0 Å². The van der Waals surface area contributed by atoms with Gasteiger partial charge in [-0.3, -0.25) is 4.79 Å². The Morgan fingerprint density at radius 3 is 3.00 bits per heavy atom. The van der Waals surface area contributed by atoms with Crippen molar-refractivity contribution in [3.05, 3.63) is 34.4 Å². The highest BCUT2D eigenvalue weighted by molar-refractivity contribution is 7.99. The van der Waals surface area contributed by atoms with E-state index in [1.807, 2.05) is 11.8 Å². The molecule has 1 saturated heterocycles. The van der Waals surface area contributed by atoms with Crippen molar-refractivity contribution in [2.45, 2.75) is 23.8 Å². The maximum atomic E-state index is 12.0. The van der Waals surface area contributed by atoms with Crippen LogP contribution < -0.4 is 11.3 Å². The van der Waals surface area contributed by atoms with E-state index in [1.54, 1.807) is 18.2 Å². The van der Waals surface area contributed by atoms with Crippen LogP contribution in [0.4, 0.5) is 5.69 Å². The Balaban J connectivity index is 1.79. The van der Waals surface area contributed by atoms with Crippen molar-refractivity contribution in [1.82, 2.24) is 9.97 Å². The van der Waals surface area contributed by atoms with Crippen LogP contribution in [0.5, 0.6) is 0 Å². The number of thioether (sulfide) groups is 1. The van der Waals surface area contributed by atoms with Gasteiger partial charge in [-0.05, 0) is 31.0 Å². The summed E-state index contributed by atoms with van der Waals surface area (Å²) in [6, 6.07) is 5.18. The molecule has 0 spiro atoms. The van der Waals surface area contributed by atoms with E-state index in [-0.39, 0.29) is 5.56 Å². The number of nitrogens with two attached hydrogens (primary N) is 1. The monoisotopic (exact) mass is 291 g/mol. The molecule has 0 bridgehead atoms. The Morgan fingerprint density at radius 2 is 2.20 bits per heavy atom. The minimum Gasteiger partial charge on any atom is -0.399 e. The number of rotatable bonds is 3. The first kappa shape index (κ1) is 13.5. The molecule has 106 valence electrons. The van der Waals surface area contributed by atoms with Crippen LogP contribution in [0.1, 0.15) is 18.7 Å². The smallest absolute Gasteiger partial charge is 0.258 e. The zero-order valence-corrected chi connectivity index (χ0v) is 11.9. The van der Waals surface area contributed by atoms with Crippen LogP contribution in [0.2, 0.25) is 0 Å². The minimum absolute atomic E-state index is 0.0995. The summed E-state index contributed by atoms with van der Waals surface area (Å²) in [5.41, 5.74) is 6.93. The van der Waals surface area contributed by atoms with Crippen molar-refractivity contribution in [3.63, 3.8) is 0 Å². The van der Waals surface area contributed by atoms with Crippen LogP contribution in [0.15, 0.2) is 23.0 Å². The van der Waals surface area contributed by atoms with E-state index >= 15 is 0 Å². The van der Waals surface area contributed by atoms with Crippen molar-refractivity contribution in [3.8, 4) is 0 Å². The van der Waals surface area contributed by atoms with Crippen LogP contribution >= 0.6 is 11.8 Å². The van der Waals surface area contributed by atoms with E-state index in [1.165, 1.54) is 0 Å². The predicted molar refractivity (Wildman–Crippen MR) is 81.9 cm³/mol. The lowest BCUT2D eigenvalue weighted by Gasteiger charge is -2.21. The Bertz CT molecular complexity index is 665. The number of ether oxygens (including phenoxy) is 1. The van der Waals surface area contributed by atoms with Crippen molar-refractivity contribution < 1.29 is 4.74 Å². The number of aromatic amines is 1. The quantitative estimate of drug-likeness (QED) is 0.844. The lowest BCUT2D eigenvalue weighted by Crippen LogP contribution is -2.18. The van der Waals surface area contributed by atoms with Gasteiger partial charge in [-0.2, -0.15) is 11.8 Å². The predicted octanol–water partition coefficient (Wildman–Crippen LogP) is 1.92. The Kier molecular flexibility index (Phi) is 3.93. The van der Waals surface area contributed by atoms with Crippen molar-refractivity contribution in [2.75, 3.05) is 18.9 Å². The normalized spacial score (nSPS) is 16.6. The molecule has 0 radical (unpaired) electrons. The van der Waals surface area contributed by atoms with Gasteiger partial charge in [0.05, 0.1) is 16.7 Å². The third-order valence-electron chi connectivity index (χ3n) is 3.40. The molecule has 2 heterocycles. The first-order chi connectivity index (χ1) is 9.72. The number of nitrogen functional groups attached to an aromatic ring is 1. The SMILES string of the molecule is Nc1ccc2c(=O)[nH]c(CSC3CCOCC3)nc2c1. The summed E-state index contributed by atoms with van der Waals surface area (Å²) in [5, 5.41) is 1.17. The molecule has 6 heteroatoms. The molecular weight excluding hydrogens is 274 g/mol. The van der Waals surface area contributed by atoms with Crippen LogP contribution in [0.25, 0.3) is 10.9 Å². The molecule has 1 fully saturated rings. The highest BCUT2D eigenvalue weighted by Gasteiger charge is 2.15. The second kappa shape index (κ2) is 5.85. The lowest BCUT2D eigenvalue weighted by atomic mass is 10.2. The molecule has 0 saturated carbocycles. The summed E-state index contributed by atoms with van der Waals surface area (Å²) >= 11 is 1.83. The van der Waals surface area contributed by atoms with E-state index in [9.17, 15) is 4.79 Å². The molecule has 3 rings (SSSR count). The van der Waals surface area contributed by atoms with E-state index in [0.717, 1.165) is 26.1 Å². The van der Waals surface area contributed by atoms with Crippen molar-refractivity contribution >= 4 is 28.4 Å². The van der Waals surface area contributed by atoms with Gasteiger partial charge in [0, 0.05) is 24.2 Å². The van der Waals surface area contributed by atoms with Gasteiger partial charge in [-0.15, -0.1) is 0 Å². The molecular formula is C14H17N3O2S. The van der Waals surface area contributed by atoms with E-state index in [0.29, 0.717) is 33.4 Å². The van der Waals surface area contributed by atoms with Gasteiger partial charge in [-0.25, -0.2) is 4.98 Å². The number of anilines is 1. The first-order valence-corrected chi connectivity index (χ1v) is 7.75. The molecule has 1 aromatic carbocycles. The average Bonchev–Trinajstić information content (AvgIpc) is 2.46. The van der Waals surface area contributed by atoms with Crippen LogP contribution in [-0.4, -0.2) is 28.4 Å². The fraction of sp³-hybridized carbons (Fsp3) is 0.429. The van der Waals surface area contributed by atoms with Crippen molar-refractivity contribution in [2.24, 2.45) is 0 Å². The maximum Gasteiger partial charge on any atom is 0.258 e. The number of hydrogen-bond donors (Lipinski definition) is 2. The molecule has 20 heavy (non-hydrogen) atoms. The fourth-order valence-corrected chi connectivity index (χ4v) is 3.37. The number of nitrogens with one attached hydrogen (secondary N) is 1. The minimum atomic E-state index is -0.0995. The summed E-state index contributed by atoms with van der Waals surface area (Å²) in [6.07, 6.45) is 2.13. The van der Waals surface area contributed by atoms with Crippen LogP contribution in [-0.2, 0) is 10.5 Å². The number of fused-ring (bicyclic) bond motifs is 1. The highest BCUT2D eigenvalue weighted by atomic mass is 32.2. The number of benzene rings is 1. The Hall–Kier alpha value is -1.53. The summed E-state index contributed by atoms with van der Waals surface area (Å²) in [5.74, 6) is 1.43. The highest BCUT2D eigenvalue weighted by Crippen LogP contribution is 2.24. The molecule has 0 amide bonds. The second-order valence-corrected chi connectivity index (χ2v) is 6.20. The molecule has 0 atom stereocenters. The van der Waals surface area contributed by atoms with Gasteiger partial charge in [0.1, 0.15) is 5.82 Å². The Labute approximate surface area is 120 Å². The van der Waals surface area contributed by atoms with Gasteiger partial charge in [0.2, 0.25) is 0 Å². The zero-order chi connectivity index (χ0) is 13.9. The summed E-state index contributed by atoms with van der Waals surface area (Å²) < 4.78 is 5.34. The molecule has 3 N–H and O–H groups in total. The Morgan fingerprint density at radius 1 is 1.40 bits per heavy atom. The van der Waals surface area contributed by atoms with Gasteiger partial charge in [-0.1, -0.05) is 0 Å². The second-order valence-electron chi connectivity index (χ2n) is 4.91. The van der Waals surface area contributed by atoms with Gasteiger partial charge >= 0.3 is 0 Å². The molecule has 1 aliphatic heterocycles. The fourth-order valence-electron chi connectivity index (χ4n) is 2.31. The van der Waals surface area contributed by atoms with Gasteiger partial charge in [0.25, 0.3) is 5.56 Å². The first-order valence-electron chi connectivity index (χ1n) is 6.70. The third-order valence-corrected chi connectivity index (χ3v) is 4.79. The lowest BCUT2D eigenvalue weighted by molar-refractivity contribution is 0.1000. The molecule has 5 nitrogen and oxygen atoms in total. The van der Waals surface area contributed by atoms with Gasteiger partial charge < -0.3 is 15.5 Å². The summed E-state index contributed by atoms with van der Waals surface area (Å²) in [4.78, 5) is 19.3. The molecule has 1 aromatic heterocycles. The van der Waals surface area contributed by atoms with Crippen LogP contribution in [0, 0.1) is 0 Å². The standard InChI is InChI=1S/C14H17N3O2S/c15-9-1-2-11-12(7-9)16-13(17-14(11)18)8-20-10-3-5-19-6-4-10/h1-2,7,10H,3-6,8,15H2,(H,16,17,18). The van der Waals surface area contributed by atoms with E-state index in [2.05, 4.69) is 9.97 Å². The number of H-pyrrole nitrogens is 1. The third kappa shape index (κ3) is 2.96. The summed E-state index contributed by atoms with van der Waals surface area (Å²) in [6.45, 7) is 1.66. The topological polar surface area (TPSA) is 81.0 Å². The molecule has 0 unspecified atom stereocenters. The number of aromatic nitrogens is 2. The van der Waals surface area contributed by atoms with E-state index < -0.39 is 0 Å². The van der Waals surface area contributed by atoms with E-state index in [4.69, 9.17) is 10.5 Å². The molecule has 2 aromatic rings. The average molecular weight is 291 g/mol. The van der Waals surface area contributed by atoms with Crippen molar-refractivity contribution in [1.29, 1.82) is 0 Å². The number of hydrogen-bond acceptors (Lipinski definition) is 5. The molecule has 0 aliphatic carbocycles. The van der Waals surface area contributed by atoms with Gasteiger partial charge in [0.15, 0.2) is 0 Å². The largest absolute Gasteiger partial charge is 0.399 e. The summed E-state index contributed by atoms with van der Waals surface area (Å²) in [7, 11) is 0.